The normalized spacial score (nSPS) is 16.4. The smallest absolute Gasteiger partial charge is 0.263 e. The van der Waals surface area contributed by atoms with E-state index in [4.69, 9.17) is 4.74 Å². The lowest BCUT2D eigenvalue weighted by molar-refractivity contribution is -0.118. The molecular formula is C25H25FN6O3. The van der Waals surface area contributed by atoms with Crippen LogP contribution in [-0.4, -0.2) is 52.6 Å². The van der Waals surface area contributed by atoms with Gasteiger partial charge in [0.1, 0.15) is 11.9 Å². The van der Waals surface area contributed by atoms with Crippen molar-refractivity contribution in [2.45, 2.75) is 32.0 Å². The van der Waals surface area contributed by atoms with Crippen molar-refractivity contribution in [2.75, 3.05) is 31.6 Å². The Morgan fingerprint density at radius 2 is 2.00 bits per heavy atom. The van der Waals surface area contributed by atoms with Gasteiger partial charge in [0.05, 0.1) is 16.8 Å². The summed E-state index contributed by atoms with van der Waals surface area (Å²) in [5, 5.41) is 16.2. The number of amides is 1. The van der Waals surface area contributed by atoms with Crippen molar-refractivity contribution in [3.63, 3.8) is 0 Å². The molecule has 180 valence electrons. The minimum absolute atomic E-state index is 0.0117. The molecule has 9 nitrogen and oxygen atoms in total. The number of ether oxygens (including phenoxy) is 1. The molecule has 1 fully saturated rings. The molecule has 0 aliphatic carbocycles. The summed E-state index contributed by atoms with van der Waals surface area (Å²) in [5.41, 5.74) is 1.24. The molecule has 2 N–H and O–H groups in total. The zero-order valence-electron chi connectivity index (χ0n) is 19.1. The number of carbonyl (C=O) groups excluding carboxylic acids is 1. The molecule has 0 radical (unpaired) electrons. The molecule has 0 unspecified atom stereocenters. The quantitative estimate of drug-likeness (QED) is 0.560. The van der Waals surface area contributed by atoms with Gasteiger partial charge in [-0.15, -0.1) is 0 Å². The molecule has 1 amide bonds. The second kappa shape index (κ2) is 9.82. The molecular weight excluding hydrogens is 451 g/mol. The molecule has 0 bridgehead atoms. The van der Waals surface area contributed by atoms with E-state index in [1.165, 1.54) is 18.2 Å². The molecule has 10 heteroatoms. The number of nitriles is 1. The number of benzene rings is 1. The maximum absolute atomic E-state index is 13.9. The third-order valence-corrected chi connectivity index (χ3v) is 6.53. The van der Waals surface area contributed by atoms with Crippen LogP contribution < -0.4 is 20.9 Å². The highest BCUT2D eigenvalue weighted by Gasteiger charge is 2.21. The molecule has 5 rings (SSSR count). The van der Waals surface area contributed by atoms with E-state index in [9.17, 15) is 19.2 Å². The molecule has 1 aromatic carbocycles. The first-order chi connectivity index (χ1) is 17.0. The van der Waals surface area contributed by atoms with Gasteiger partial charge in [-0.05, 0) is 56.3 Å². The van der Waals surface area contributed by atoms with Crippen molar-refractivity contribution in [2.24, 2.45) is 0 Å². The standard InChI is InChI=1S/C25H25FN6O3/c26-17-1-3-20-16(13-27)11-24(34)32(21(20)12-17)10-9-31-7-5-18(6-8-31)28-14-19-2-4-22-25(29-19)30-23(33)15-35-22/h1-4,11-12,18,28H,5-10,14-15H2,(H,29,30,33). The highest BCUT2D eigenvalue weighted by Crippen LogP contribution is 2.25. The number of fused-ring (bicyclic) bond motifs is 2. The minimum Gasteiger partial charge on any atom is -0.480 e. The van der Waals surface area contributed by atoms with Crippen LogP contribution in [-0.2, 0) is 17.9 Å². The van der Waals surface area contributed by atoms with Crippen molar-refractivity contribution >= 4 is 22.6 Å². The van der Waals surface area contributed by atoms with Gasteiger partial charge in [0.2, 0.25) is 0 Å². The van der Waals surface area contributed by atoms with Crippen LogP contribution in [0.25, 0.3) is 10.9 Å². The molecule has 0 atom stereocenters. The van der Waals surface area contributed by atoms with Crippen molar-refractivity contribution in [3.05, 3.63) is 63.8 Å². The molecule has 1 saturated heterocycles. The third-order valence-electron chi connectivity index (χ3n) is 6.53. The number of aromatic nitrogens is 2. The Bertz CT molecular complexity index is 1370. The predicted molar refractivity (Wildman–Crippen MR) is 128 cm³/mol. The van der Waals surface area contributed by atoms with E-state index in [-0.39, 0.29) is 23.6 Å². The summed E-state index contributed by atoms with van der Waals surface area (Å²) in [6.45, 7) is 3.43. The number of hydrogen-bond acceptors (Lipinski definition) is 7. The summed E-state index contributed by atoms with van der Waals surface area (Å²) in [5.74, 6) is 0.402. The van der Waals surface area contributed by atoms with E-state index in [0.717, 1.165) is 31.6 Å². The van der Waals surface area contributed by atoms with Crippen LogP contribution in [0.4, 0.5) is 10.2 Å². The van der Waals surface area contributed by atoms with Crippen LogP contribution in [0.5, 0.6) is 5.75 Å². The van der Waals surface area contributed by atoms with Crippen molar-refractivity contribution in [1.82, 2.24) is 19.8 Å². The highest BCUT2D eigenvalue weighted by atomic mass is 19.1. The molecule has 2 aliphatic heterocycles. The summed E-state index contributed by atoms with van der Waals surface area (Å²) in [6, 6.07) is 11.6. The van der Waals surface area contributed by atoms with E-state index < -0.39 is 5.82 Å². The lowest BCUT2D eigenvalue weighted by Crippen LogP contribution is -2.43. The first-order valence-corrected chi connectivity index (χ1v) is 11.6. The first kappa shape index (κ1) is 23.0. The predicted octanol–water partition coefficient (Wildman–Crippen LogP) is 1.99. The van der Waals surface area contributed by atoms with E-state index in [0.29, 0.717) is 48.1 Å². The van der Waals surface area contributed by atoms with E-state index in [1.54, 1.807) is 10.6 Å². The fraction of sp³-hybridized carbons (Fsp3) is 0.360. The first-order valence-electron chi connectivity index (χ1n) is 11.6. The van der Waals surface area contributed by atoms with Gasteiger partial charge in [0.25, 0.3) is 11.5 Å². The monoisotopic (exact) mass is 476 g/mol. The molecule has 2 aromatic heterocycles. The average Bonchev–Trinajstić information content (AvgIpc) is 2.86. The number of anilines is 1. The Balaban J connectivity index is 1.16. The molecule has 2 aliphatic rings. The van der Waals surface area contributed by atoms with Crippen LogP contribution in [0, 0.1) is 17.1 Å². The van der Waals surface area contributed by atoms with Crippen LogP contribution in [0.3, 0.4) is 0 Å². The van der Waals surface area contributed by atoms with E-state index in [2.05, 4.69) is 20.5 Å². The number of hydrogen-bond donors (Lipinski definition) is 2. The number of nitrogens with zero attached hydrogens (tertiary/aromatic N) is 4. The van der Waals surface area contributed by atoms with Crippen LogP contribution >= 0.6 is 0 Å². The molecule has 0 spiro atoms. The highest BCUT2D eigenvalue weighted by molar-refractivity contribution is 5.94. The number of carbonyl (C=O) groups is 1. The number of likely N-dealkylation sites (tertiary alicyclic amines) is 1. The van der Waals surface area contributed by atoms with Crippen LogP contribution in [0.1, 0.15) is 24.1 Å². The minimum atomic E-state index is -0.434. The third kappa shape index (κ3) is 5.01. The van der Waals surface area contributed by atoms with Gasteiger partial charge in [-0.1, -0.05) is 0 Å². The Kier molecular flexibility index (Phi) is 6.44. The lowest BCUT2D eigenvalue weighted by atomic mass is 10.0. The van der Waals surface area contributed by atoms with Gasteiger partial charge in [-0.2, -0.15) is 5.26 Å². The van der Waals surface area contributed by atoms with Crippen molar-refractivity contribution in [1.29, 1.82) is 5.26 Å². The van der Waals surface area contributed by atoms with E-state index >= 15 is 0 Å². The Morgan fingerprint density at radius 3 is 2.80 bits per heavy atom. The Hall–Kier alpha value is -3.81. The maximum atomic E-state index is 13.9. The second-order valence-electron chi connectivity index (χ2n) is 8.80. The number of rotatable bonds is 6. The SMILES string of the molecule is N#Cc1cc(=O)n(CCN2CCC(NCc3ccc4c(n3)NC(=O)CO4)CC2)c2cc(F)ccc12. The van der Waals surface area contributed by atoms with Crippen LogP contribution in [0.2, 0.25) is 0 Å². The van der Waals surface area contributed by atoms with Gasteiger partial charge in [0.15, 0.2) is 18.2 Å². The topological polar surface area (TPSA) is 112 Å². The lowest BCUT2D eigenvalue weighted by Gasteiger charge is -2.32. The van der Waals surface area contributed by atoms with Gasteiger partial charge in [0, 0.05) is 37.1 Å². The van der Waals surface area contributed by atoms with Crippen molar-refractivity contribution < 1.29 is 13.9 Å². The Labute approximate surface area is 201 Å². The van der Waals surface area contributed by atoms with E-state index in [1.807, 2.05) is 18.2 Å². The summed E-state index contributed by atoms with van der Waals surface area (Å²) in [6.07, 6.45) is 1.89. The molecule has 35 heavy (non-hydrogen) atoms. The summed E-state index contributed by atoms with van der Waals surface area (Å²) < 4.78 is 20.8. The van der Waals surface area contributed by atoms with Gasteiger partial charge in [-0.3, -0.25) is 9.59 Å². The number of piperidine rings is 1. The Morgan fingerprint density at radius 1 is 1.17 bits per heavy atom. The maximum Gasteiger partial charge on any atom is 0.263 e. The van der Waals surface area contributed by atoms with Crippen molar-refractivity contribution in [3.8, 4) is 11.8 Å². The zero-order chi connectivity index (χ0) is 24.4. The molecule has 3 aromatic rings. The van der Waals surface area contributed by atoms with Gasteiger partial charge >= 0.3 is 0 Å². The largest absolute Gasteiger partial charge is 0.480 e. The number of halogens is 1. The van der Waals surface area contributed by atoms with Gasteiger partial charge in [-0.25, -0.2) is 9.37 Å². The fourth-order valence-electron chi connectivity index (χ4n) is 4.63. The number of pyridine rings is 2. The summed E-state index contributed by atoms with van der Waals surface area (Å²) in [4.78, 5) is 30.9. The number of nitrogens with one attached hydrogen (secondary N) is 2. The summed E-state index contributed by atoms with van der Waals surface area (Å²) >= 11 is 0. The van der Waals surface area contributed by atoms with Crippen LogP contribution in [0.15, 0.2) is 41.2 Å². The zero-order valence-corrected chi connectivity index (χ0v) is 19.1. The average molecular weight is 477 g/mol. The molecule has 4 heterocycles. The second-order valence-corrected chi connectivity index (χ2v) is 8.80. The fourth-order valence-corrected chi connectivity index (χ4v) is 4.63. The van der Waals surface area contributed by atoms with Gasteiger partial charge < -0.3 is 24.8 Å². The molecule has 0 saturated carbocycles. The summed E-state index contributed by atoms with van der Waals surface area (Å²) in [7, 11) is 0.